The van der Waals surface area contributed by atoms with Crippen molar-refractivity contribution in [2.45, 2.75) is 32.1 Å². The van der Waals surface area contributed by atoms with Gasteiger partial charge in [-0.1, -0.05) is 31.0 Å². The highest BCUT2D eigenvalue weighted by Gasteiger charge is 2.10. The molecule has 2 rings (SSSR count). The monoisotopic (exact) mass is 329 g/mol. The quantitative estimate of drug-likeness (QED) is 0.486. The van der Waals surface area contributed by atoms with E-state index in [0.717, 1.165) is 30.2 Å². The number of aromatic nitrogens is 1. The number of ketones is 1. The summed E-state index contributed by atoms with van der Waals surface area (Å²) in [6.07, 6.45) is 3.60. The standard InChI is InChI=1S/C18H23N3O3/c1-19-18(24)16(22)10-4-2-3-7-11-20-17(23)15-12-13-8-5-6-9-14(13)21-15/h5-6,8-9,12,21H,2-4,7,10-11H2,1H3,(H,19,24)(H,20,23). The highest BCUT2D eigenvalue weighted by atomic mass is 16.2. The second-order valence-electron chi connectivity index (χ2n) is 5.69. The van der Waals surface area contributed by atoms with Crippen molar-refractivity contribution >= 4 is 28.5 Å². The summed E-state index contributed by atoms with van der Waals surface area (Å²) in [5.74, 6) is -1.01. The Kier molecular flexibility index (Phi) is 6.54. The molecule has 3 N–H and O–H groups in total. The van der Waals surface area contributed by atoms with Gasteiger partial charge >= 0.3 is 0 Å². The molecule has 0 aliphatic heterocycles. The summed E-state index contributed by atoms with van der Waals surface area (Å²) in [7, 11) is 1.45. The lowest BCUT2D eigenvalue weighted by Gasteiger charge is -2.04. The van der Waals surface area contributed by atoms with Crippen LogP contribution < -0.4 is 10.6 Å². The Labute approximate surface area is 141 Å². The lowest BCUT2D eigenvalue weighted by molar-refractivity contribution is -0.137. The van der Waals surface area contributed by atoms with Crippen LogP contribution in [0, 0.1) is 0 Å². The zero-order valence-corrected chi connectivity index (χ0v) is 13.9. The molecule has 24 heavy (non-hydrogen) atoms. The highest BCUT2D eigenvalue weighted by molar-refractivity contribution is 6.36. The van der Waals surface area contributed by atoms with Crippen LogP contribution in [0.15, 0.2) is 30.3 Å². The number of Topliss-reactive ketones (excluding diaryl/α,β-unsaturated/α-hetero) is 1. The van der Waals surface area contributed by atoms with Gasteiger partial charge in [0, 0.05) is 30.9 Å². The van der Waals surface area contributed by atoms with E-state index in [0.29, 0.717) is 18.7 Å². The number of unbranched alkanes of at least 4 members (excludes halogenated alkanes) is 3. The van der Waals surface area contributed by atoms with Gasteiger partial charge in [-0.15, -0.1) is 0 Å². The molecule has 0 aliphatic rings. The van der Waals surface area contributed by atoms with Gasteiger partial charge in [0.1, 0.15) is 5.69 Å². The molecule has 0 radical (unpaired) electrons. The maximum atomic E-state index is 12.1. The predicted octanol–water partition coefficient (Wildman–Crippen LogP) is 2.16. The third-order valence-electron chi connectivity index (χ3n) is 3.87. The van der Waals surface area contributed by atoms with Crippen LogP contribution in [0.5, 0.6) is 0 Å². The minimum absolute atomic E-state index is 0.110. The first-order valence-electron chi connectivity index (χ1n) is 8.22. The Morgan fingerprint density at radius 2 is 1.79 bits per heavy atom. The minimum atomic E-state index is -0.527. The van der Waals surface area contributed by atoms with E-state index in [1.807, 2.05) is 30.3 Å². The number of likely N-dealkylation sites (N-methyl/N-ethyl adjacent to an activating group) is 1. The lowest BCUT2D eigenvalue weighted by atomic mass is 10.1. The number of carbonyl (C=O) groups is 3. The normalized spacial score (nSPS) is 10.5. The summed E-state index contributed by atoms with van der Waals surface area (Å²) >= 11 is 0. The average Bonchev–Trinajstić information content (AvgIpc) is 3.04. The SMILES string of the molecule is CNC(=O)C(=O)CCCCCCNC(=O)c1cc2ccccc2[nH]1. The molecule has 0 unspecified atom stereocenters. The fourth-order valence-electron chi connectivity index (χ4n) is 2.51. The van der Waals surface area contributed by atoms with Crippen molar-refractivity contribution in [3.05, 3.63) is 36.0 Å². The number of fused-ring (bicyclic) bond motifs is 1. The fourth-order valence-corrected chi connectivity index (χ4v) is 2.51. The summed E-state index contributed by atoms with van der Waals surface area (Å²) in [5.41, 5.74) is 1.51. The molecule has 2 aromatic rings. The molecule has 1 heterocycles. The van der Waals surface area contributed by atoms with Crippen LogP contribution in [-0.4, -0.2) is 36.2 Å². The lowest BCUT2D eigenvalue weighted by Crippen LogP contribution is -2.27. The number of amides is 2. The van der Waals surface area contributed by atoms with Crippen molar-refractivity contribution in [1.82, 2.24) is 15.6 Å². The second-order valence-corrected chi connectivity index (χ2v) is 5.69. The number of nitrogens with one attached hydrogen (secondary N) is 3. The number of rotatable bonds is 9. The van der Waals surface area contributed by atoms with Gasteiger partial charge in [-0.2, -0.15) is 0 Å². The Balaban J connectivity index is 1.61. The first-order valence-corrected chi connectivity index (χ1v) is 8.22. The van der Waals surface area contributed by atoms with Crippen LogP contribution in [-0.2, 0) is 9.59 Å². The van der Waals surface area contributed by atoms with Crippen LogP contribution in [0.1, 0.15) is 42.6 Å². The van der Waals surface area contributed by atoms with Gasteiger partial charge in [-0.05, 0) is 25.0 Å². The van der Waals surface area contributed by atoms with E-state index in [2.05, 4.69) is 15.6 Å². The van der Waals surface area contributed by atoms with Crippen molar-refractivity contribution in [2.75, 3.05) is 13.6 Å². The van der Waals surface area contributed by atoms with Gasteiger partial charge in [0.05, 0.1) is 0 Å². The van der Waals surface area contributed by atoms with Crippen LogP contribution in [0.2, 0.25) is 0 Å². The number of carbonyl (C=O) groups excluding carboxylic acids is 3. The molecule has 1 aromatic carbocycles. The third-order valence-corrected chi connectivity index (χ3v) is 3.87. The van der Waals surface area contributed by atoms with E-state index in [9.17, 15) is 14.4 Å². The first kappa shape index (κ1) is 17.7. The molecule has 128 valence electrons. The number of benzene rings is 1. The Morgan fingerprint density at radius 1 is 1.04 bits per heavy atom. The molecule has 2 amide bonds. The highest BCUT2D eigenvalue weighted by Crippen LogP contribution is 2.14. The van der Waals surface area contributed by atoms with Gasteiger partial charge in [0.15, 0.2) is 0 Å². The molecular formula is C18H23N3O3. The van der Waals surface area contributed by atoms with Crippen LogP contribution in [0.4, 0.5) is 0 Å². The zero-order chi connectivity index (χ0) is 17.4. The van der Waals surface area contributed by atoms with Gasteiger partial charge in [0.25, 0.3) is 11.8 Å². The molecule has 0 saturated heterocycles. The third kappa shape index (κ3) is 4.94. The molecule has 0 saturated carbocycles. The fraction of sp³-hybridized carbons (Fsp3) is 0.389. The number of H-pyrrole nitrogens is 1. The van der Waals surface area contributed by atoms with E-state index < -0.39 is 5.91 Å². The predicted molar refractivity (Wildman–Crippen MR) is 92.8 cm³/mol. The largest absolute Gasteiger partial charge is 0.353 e. The molecule has 6 nitrogen and oxygen atoms in total. The molecule has 6 heteroatoms. The molecule has 0 aliphatic carbocycles. The van der Waals surface area contributed by atoms with E-state index in [-0.39, 0.29) is 18.1 Å². The van der Waals surface area contributed by atoms with Crippen LogP contribution in [0.25, 0.3) is 10.9 Å². The number of aromatic amines is 1. The van der Waals surface area contributed by atoms with E-state index in [4.69, 9.17) is 0 Å². The molecule has 0 bridgehead atoms. The number of hydrogen-bond acceptors (Lipinski definition) is 3. The van der Waals surface area contributed by atoms with Crippen LogP contribution >= 0.6 is 0 Å². The number of hydrogen-bond donors (Lipinski definition) is 3. The minimum Gasteiger partial charge on any atom is -0.353 e. The smallest absolute Gasteiger partial charge is 0.287 e. The van der Waals surface area contributed by atoms with Gasteiger partial charge < -0.3 is 15.6 Å². The van der Waals surface area contributed by atoms with Crippen molar-refractivity contribution < 1.29 is 14.4 Å². The average molecular weight is 329 g/mol. The van der Waals surface area contributed by atoms with E-state index >= 15 is 0 Å². The maximum Gasteiger partial charge on any atom is 0.287 e. The summed E-state index contributed by atoms with van der Waals surface area (Å²) < 4.78 is 0. The first-order chi connectivity index (χ1) is 11.6. The van der Waals surface area contributed by atoms with E-state index in [1.165, 1.54) is 7.05 Å². The molecular weight excluding hydrogens is 306 g/mol. The Hall–Kier alpha value is -2.63. The second kappa shape index (κ2) is 8.86. The molecule has 1 aromatic heterocycles. The summed E-state index contributed by atoms with van der Waals surface area (Å²) in [6, 6.07) is 9.60. The Bertz CT molecular complexity index is 688. The van der Waals surface area contributed by atoms with Gasteiger partial charge in [-0.3, -0.25) is 14.4 Å². The summed E-state index contributed by atoms with van der Waals surface area (Å²) in [4.78, 5) is 37.5. The molecule has 0 atom stereocenters. The van der Waals surface area contributed by atoms with Crippen LogP contribution in [0.3, 0.4) is 0 Å². The van der Waals surface area contributed by atoms with Crippen molar-refractivity contribution in [3.8, 4) is 0 Å². The topological polar surface area (TPSA) is 91.1 Å². The van der Waals surface area contributed by atoms with Crippen molar-refractivity contribution in [1.29, 1.82) is 0 Å². The molecule has 0 fully saturated rings. The van der Waals surface area contributed by atoms with Crippen molar-refractivity contribution in [3.63, 3.8) is 0 Å². The Morgan fingerprint density at radius 3 is 2.54 bits per heavy atom. The maximum absolute atomic E-state index is 12.1. The molecule has 0 spiro atoms. The van der Waals surface area contributed by atoms with Gasteiger partial charge in [-0.25, -0.2) is 0 Å². The van der Waals surface area contributed by atoms with Crippen molar-refractivity contribution in [2.24, 2.45) is 0 Å². The summed E-state index contributed by atoms with van der Waals surface area (Å²) in [6.45, 7) is 0.595. The van der Waals surface area contributed by atoms with Gasteiger partial charge in [0.2, 0.25) is 5.78 Å². The zero-order valence-electron chi connectivity index (χ0n) is 13.9. The number of para-hydroxylation sites is 1. The summed E-state index contributed by atoms with van der Waals surface area (Å²) in [5, 5.41) is 6.23. The van der Waals surface area contributed by atoms with E-state index in [1.54, 1.807) is 0 Å².